The van der Waals surface area contributed by atoms with Crippen LogP contribution in [-0.2, 0) is 19.6 Å². The number of hydrogen-bond acceptors (Lipinski definition) is 5. The average molecular weight is 300 g/mol. The number of likely N-dealkylation sites (N-methyl/N-ethyl adjacent to an activating group) is 1. The van der Waals surface area contributed by atoms with Crippen molar-refractivity contribution in [2.75, 3.05) is 20.7 Å². The van der Waals surface area contributed by atoms with Gasteiger partial charge >= 0.3 is 5.97 Å². The highest BCUT2D eigenvalue weighted by molar-refractivity contribution is 7.89. The predicted molar refractivity (Wildman–Crippen MR) is 71.5 cm³/mol. The van der Waals surface area contributed by atoms with Crippen LogP contribution < -0.4 is 5.73 Å². The van der Waals surface area contributed by atoms with Gasteiger partial charge in [0.1, 0.15) is 6.54 Å². The Bertz CT molecular complexity index is 639. The van der Waals surface area contributed by atoms with Gasteiger partial charge in [0.05, 0.1) is 12.0 Å². The van der Waals surface area contributed by atoms with E-state index < -0.39 is 28.4 Å². The molecule has 7 nitrogen and oxygen atoms in total. The molecule has 0 aliphatic carbocycles. The third-order valence-electron chi connectivity index (χ3n) is 2.76. The summed E-state index contributed by atoms with van der Waals surface area (Å²) < 4.78 is 29.7. The quantitative estimate of drug-likeness (QED) is 0.763. The fraction of sp³-hybridized carbons (Fsp3) is 0.333. The van der Waals surface area contributed by atoms with Gasteiger partial charge in [0.25, 0.3) is 0 Å². The molecule has 0 aromatic heterocycles. The van der Waals surface area contributed by atoms with Gasteiger partial charge in [0.15, 0.2) is 0 Å². The van der Waals surface area contributed by atoms with E-state index >= 15 is 0 Å². The van der Waals surface area contributed by atoms with Gasteiger partial charge < -0.3 is 10.5 Å². The highest BCUT2D eigenvalue weighted by atomic mass is 32.2. The Hall–Kier alpha value is -1.93. The van der Waals surface area contributed by atoms with E-state index in [2.05, 4.69) is 4.74 Å². The van der Waals surface area contributed by atoms with Crippen molar-refractivity contribution in [1.82, 2.24) is 4.31 Å². The first-order chi connectivity index (χ1) is 9.20. The number of primary amides is 1. The lowest BCUT2D eigenvalue weighted by atomic mass is 10.1. The summed E-state index contributed by atoms with van der Waals surface area (Å²) in [6.07, 6.45) is 0. The Morgan fingerprint density at radius 3 is 2.45 bits per heavy atom. The molecule has 0 aliphatic rings. The highest BCUT2D eigenvalue weighted by Gasteiger charge is 2.24. The van der Waals surface area contributed by atoms with E-state index in [4.69, 9.17) is 5.73 Å². The molecule has 0 unspecified atom stereocenters. The minimum absolute atomic E-state index is 0.108. The molecule has 0 saturated heterocycles. The molecule has 2 N–H and O–H groups in total. The van der Waals surface area contributed by atoms with E-state index in [0.717, 1.165) is 4.31 Å². The number of amides is 1. The van der Waals surface area contributed by atoms with Gasteiger partial charge in [-0.3, -0.25) is 9.59 Å². The molecule has 0 bridgehead atoms. The number of methoxy groups -OCH3 is 1. The first-order valence-electron chi connectivity index (χ1n) is 5.63. The van der Waals surface area contributed by atoms with Crippen LogP contribution in [0.25, 0.3) is 0 Å². The number of nitrogens with zero attached hydrogens (tertiary/aromatic N) is 1. The molecular weight excluding hydrogens is 284 g/mol. The van der Waals surface area contributed by atoms with Crippen LogP contribution in [0.15, 0.2) is 23.1 Å². The molecule has 1 aromatic carbocycles. The van der Waals surface area contributed by atoms with Gasteiger partial charge in [-0.15, -0.1) is 0 Å². The minimum Gasteiger partial charge on any atom is -0.468 e. The van der Waals surface area contributed by atoms with Crippen LogP contribution in [0, 0.1) is 6.92 Å². The molecule has 20 heavy (non-hydrogen) atoms. The van der Waals surface area contributed by atoms with Crippen LogP contribution in [0.4, 0.5) is 0 Å². The lowest BCUT2D eigenvalue weighted by Gasteiger charge is -2.16. The summed E-state index contributed by atoms with van der Waals surface area (Å²) in [5.41, 5.74) is 5.88. The second-order valence-corrected chi connectivity index (χ2v) is 6.22. The maximum atomic E-state index is 12.2. The van der Waals surface area contributed by atoms with Crippen LogP contribution in [0.5, 0.6) is 0 Å². The molecule has 0 radical (unpaired) electrons. The third kappa shape index (κ3) is 3.34. The van der Waals surface area contributed by atoms with Gasteiger partial charge in [0.2, 0.25) is 15.9 Å². The van der Waals surface area contributed by atoms with E-state index in [1.54, 1.807) is 6.92 Å². The standard InChI is InChI=1S/C12H16N2O5S/c1-8-4-5-9(6-10(8)12(13)16)20(17,18)14(2)7-11(15)19-3/h4-6H,7H2,1-3H3,(H2,13,16). The first kappa shape index (κ1) is 16.1. The molecule has 8 heteroatoms. The highest BCUT2D eigenvalue weighted by Crippen LogP contribution is 2.18. The molecule has 1 aromatic rings. The summed E-state index contributed by atoms with van der Waals surface area (Å²) >= 11 is 0. The number of aryl methyl sites for hydroxylation is 1. The van der Waals surface area contributed by atoms with Crippen molar-refractivity contribution in [2.24, 2.45) is 5.73 Å². The minimum atomic E-state index is -3.89. The second kappa shape index (κ2) is 6.02. The van der Waals surface area contributed by atoms with Crippen molar-refractivity contribution >= 4 is 21.9 Å². The van der Waals surface area contributed by atoms with E-state index in [1.165, 1.54) is 32.4 Å². The number of carbonyl (C=O) groups is 2. The van der Waals surface area contributed by atoms with Crippen molar-refractivity contribution in [1.29, 1.82) is 0 Å². The predicted octanol–water partition coefficient (Wildman–Crippen LogP) is -0.113. The molecule has 0 fully saturated rings. The van der Waals surface area contributed by atoms with Crippen LogP contribution in [0.1, 0.15) is 15.9 Å². The smallest absolute Gasteiger partial charge is 0.321 e. The van der Waals surface area contributed by atoms with E-state index in [9.17, 15) is 18.0 Å². The number of benzene rings is 1. The number of rotatable bonds is 5. The number of sulfonamides is 1. The maximum absolute atomic E-state index is 12.2. The number of nitrogens with two attached hydrogens (primary N) is 1. The molecule has 1 amide bonds. The fourth-order valence-electron chi connectivity index (χ4n) is 1.54. The van der Waals surface area contributed by atoms with Crippen molar-refractivity contribution in [3.63, 3.8) is 0 Å². The number of esters is 1. The Morgan fingerprint density at radius 2 is 1.95 bits per heavy atom. The average Bonchev–Trinajstić information content (AvgIpc) is 2.38. The molecule has 0 aliphatic heterocycles. The van der Waals surface area contributed by atoms with Gasteiger partial charge in [-0.25, -0.2) is 8.42 Å². The molecule has 110 valence electrons. The van der Waals surface area contributed by atoms with E-state index in [0.29, 0.717) is 5.56 Å². The molecule has 0 saturated carbocycles. The van der Waals surface area contributed by atoms with Crippen molar-refractivity contribution < 1.29 is 22.7 Å². The van der Waals surface area contributed by atoms with Crippen LogP contribution in [-0.4, -0.2) is 45.3 Å². The molecule has 0 spiro atoms. The van der Waals surface area contributed by atoms with Crippen molar-refractivity contribution in [3.05, 3.63) is 29.3 Å². The Balaban J connectivity index is 3.19. The summed E-state index contributed by atoms with van der Waals surface area (Å²) in [4.78, 5) is 22.3. The summed E-state index contributed by atoms with van der Waals surface area (Å²) in [5.74, 6) is -1.39. The van der Waals surface area contributed by atoms with E-state index in [1.807, 2.05) is 0 Å². The normalized spacial score (nSPS) is 11.4. The SMILES string of the molecule is COC(=O)CN(C)S(=O)(=O)c1ccc(C)c(C(N)=O)c1. The van der Waals surface area contributed by atoms with Crippen LogP contribution >= 0.6 is 0 Å². The Labute approximate surface area is 117 Å². The number of carbonyl (C=O) groups excluding carboxylic acids is 2. The van der Waals surface area contributed by atoms with Gasteiger partial charge in [-0.05, 0) is 24.6 Å². The molecule has 1 rings (SSSR count). The fourth-order valence-corrected chi connectivity index (χ4v) is 2.68. The summed E-state index contributed by atoms with van der Waals surface area (Å²) in [6.45, 7) is 1.23. The molecule has 0 atom stereocenters. The first-order valence-corrected chi connectivity index (χ1v) is 7.07. The largest absolute Gasteiger partial charge is 0.468 e. The van der Waals surface area contributed by atoms with Crippen molar-refractivity contribution in [2.45, 2.75) is 11.8 Å². The number of hydrogen-bond donors (Lipinski definition) is 1. The lowest BCUT2D eigenvalue weighted by molar-refractivity contribution is -0.140. The summed E-state index contributed by atoms with van der Waals surface area (Å²) in [7, 11) is -1.48. The zero-order chi connectivity index (χ0) is 15.5. The number of ether oxygens (including phenoxy) is 1. The van der Waals surface area contributed by atoms with Crippen molar-refractivity contribution in [3.8, 4) is 0 Å². The van der Waals surface area contributed by atoms with Crippen LogP contribution in [0.2, 0.25) is 0 Å². The summed E-state index contributed by atoms with van der Waals surface area (Å²) in [6, 6.07) is 4.03. The molecule has 0 heterocycles. The van der Waals surface area contributed by atoms with Crippen LogP contribution in [0.3, 0.4) is 0 Å². The monoisotopic (exact) mass is 300 g/mol. The lowest BCUT2D eigenvalue weighted by Crippen LogP contribution is -2.33. The second-order valence-electron chi connectivity index (χ2n) is 4.18. The maximum Gasteiger partial charge on any atom is 0.321 e. The zero-order valence-corrected chi connectivity index (χ0v) is 12.2. The zero-order valence-electron chi connectivity index (χ0n) is 11.4. The Kier molecular flexibility index (Phi) is 4.85. The topological polar surface area (TPSA) is 107 Å². The third-order valence-corrected chi connectivity index (χ3v) is 4.56. The van der Waals surface area contributed by atoms with Gasteiger partial charge in [0, 0.05) is 12.6 Å². The molecular formula is C12H16N2O5S. The van der Waals surface area contributed by atoms with E-state index in [-0.39, 0.29) is 10.5 Å². The Morgan fingerprint density at radius 1 is 1.35 bits per heavy atom. The van der Waals surface area contributed by atoms with Gasteiger partial charge in [-0.1, -0.05) is 6.07 Å². The van der Waals surface area contributed by atoms with Gasteiger partial charge in [-0.2, -0.15) is 4.31 Å². The summed E-state index contributed by atoms with van der Waals surface area (Å²) in [5, 5.41) is 0.